The zero-order valence-corrected chi connectivity index (χ0v) is 16.9. The Balaban J connectivity index is 1.58. The molecule has 0 saturated heterocycles. The Morgan fingerprint density at radius 1 is 0.786 bits per heavy atom. The van der Waals surface area contributed by atoms with Gasteiger partial charge in [-0.2, -0.15) is 0 Å². The molecule has 3 rings (SSSR count). The molecule has 3 aromatic rings. The molecule has 0 spiro atoms. The van der Waals surface area contributed by atoms with Gasteiger partial charge in [0.05, 0.1) is 18.8 Å². The van der Waals surface area contributed by atoms with Crippen LogP contribution >= 0.6 is 15.9 Å². The molecule has 0 fully saturated rings. The molecule has 0 atom stereocenters. The molecule has 0 aliphatic rings. The summed E-state index contributed by atoms with van der Waals surface area (Å²) in [7, 11) is 0. The number of hydrogen-bond donors (Lipinski definition) is 0. The maximum Gasteiger partial charge on any atom is 0.338 e. The van der Waals surface area contributed by atoms with Crippen LogP contribution < -0.4 is 0 Å². The van der Waals surface area contributed by atoms with Crippen LogP contribution in [0.15, 0.2) is 89.4 Å². The average molecular weight is 441 g/mol. The van der Waals surface area contributed by atoms with E-state index in [1.165, 1.54) is 0 Å². The van der Waals surface area contributed by atoms with Crippen LogP contribution in [-0.2, 0) is 27.4 Å². The first-order valence-corrected chi connectivity index (χ1v) is 9.74. The van der Waals surface area contributed by atoms with Crippen LogP contribution in [0.1, 0.15) is 21.5 Å². The molecule has 0 aromatic heterocycles. The highest BCUT2D eigenvalue weighted by Gasteiger charge is 2.15. The summed E-state index contributed by atoms with van der Waals surface area (Å²) in [6, 6.07) is 26.7. The van der Waals surface area contributed by atoms with E-state index in [0.29, 0.717) is 18.8 Å². The Hall–Kier alpha value is -2.47. The standard InChI is InChI=1S/C23H21BrO4/c24-21-13-7-12-20(14-21)23(25)28-17-22(26-15-18-8-3-1-4-9-18)27-16-19-10-5-2-6-11-19/h1-14,22H,15-17H2. The summed E-state index contributed by atoms with van der Waals surface area (Å²) < 4.78 is 17.9. The van der Waals surface area contributed by atoms with Gasteiger partial charge in [-0.25, -0.2) is 4.79 Å². The molecule has 0 bridgehead atoms. The summed E-state index contributed by atoms with van der Waals surface area (Å²) in [5.74, 6) is -0.419. The van der Waals surface area contributed by atoms with Gasteiger partial charge in [-0.15, -0.1) is 0 Å². The van der Waals surface area contributed by atoms with E-state index in [-0.39, 0.29) is 6.61 Å². The van der Waals surface area contributed by atoms with Crippen molar-refractivity contribution in [1.82, 2.24) is 0 Å². The smallest absolute Gasteiger partial charge is 0.338 e. The zero-order valence-electron chi connectivity index (χ0n) is 15.3. The van der Waals surface area contributed by atoms with Gasteiger partial charge in [0.25, 0.3) is 0 Å². The Morgan fingerprint density at radius 2 is 1.36 bits per heavy atom. The topological polar surface area (TPSA) is 44.8 Å². The van der Waals surface area contributed by atoms with E-state index in [4.69, 9.17) is 14.2 Å². The Morgan fingerprint density at radius 3 is 1.89 bits per heavy atom. The molecule has 3 aromatic carbocycles. The SMILES string of the molecule is O=C(OCC(OCc1ccccc1)OCc1ccccc1)c1cccc(Br)c1. The maximum absolute atomic E-state index is 12.3. The van der Waals surface area contributed by atoms with Gasteiger partial charge in [0.2, 0.25) is 0 Å². The Labute approximate surface area is 173 Å². The predicted molar refractivity (Wildman–Crippen MR) is 111 cm³/mol. The lowest BCUT2D eigenvalue weighted by Gasteiger charge is -2.19. The van der Waals surface area contributed by atoms with Crippen molar-refractivity contribution in [3.05, 3.63) is 106 Å². The molecule has 0 saturated carbocycles. The third kappa shape index (κ3) is 6.60. The Bertz CT molecular complexity index is 825. The number of halogens is 1. The molecule has 28 heavy (non-hydrogen) atoms. The highest BCUT2D eigenvalue weighted by molar-refractivity contribution is 9.10. The number of hydrogen-bond acceptors (Lipinski definition) is 4. The largest absolute Gasteiger partial charge is 0.457 e. The zero-order chi connectivity index (χ0) is 19.6. The van der Waals surface area contributed by atoms with Crippen LogP contribution in [0.3, 0.4) is 0 Å². The van der Waals surface area contributed by atoms with E-state index < -0.39 is 12.3 Å². The van der Waals surface area contributed by atoms with Crippen molar-refractivity contribution in [1.29, 1.82) is 0 Å². The second kappa shape index (κ2) is 10.8. The van der Waals surface area contributed by atoms with Crippen LogP contribution in [0.2, 0.25) is 0 Å². The van der Waals surface area contributed by atoms with E-state index >= 15 is 0 Å². The second-order valence-electron chi connectivity index (χ2n) is 6.13. The monoisotopic (exact) mass is 440 g/mol. The number of carbonyl (C=O) groups excluding carboxylic acids is 1. The van der Waals surface area contributed by atoms with Gasteiger partial charge in [0.1, 0.15) is 6.61 Å². The molecule has 5 heteroatoms. The van der Waals surface area contributed by atoms with E-state index in [9.17, 15) is 4.79 Å². The molecule has 0 radical (unpaired) electrons. The number of ether oxygens (including phenoxy) is 3. The van der Waals surface area contributed by atoms with Crippen LogP contribution in [-0.4, -0.2) is 18.9 Å². The van der Waals surface area contributed by atoms with Crippen molar-refractivity contribution in [2.45, 2.75) is 19.5 Å². The molecule has 144 valence electrons. The van der Waals surface area contributed by atoms with E-state index in [1.54, 1.807) is 18.2 Å². The lowest BCUT2D eigenvalue weighted by atomic mass is 10.2. The first-order valence-electron chi connectivity index (χ1n) is 8.94. The van der Waals surface area contributed by atoms with E-state index in [1.807, 2.05) is 66.7 Å². The lowest BCUT2D eigenvalue weighted by molar-refractivity contribution is -0.176. The minimum absolute atomic E-state index is 0.00497. The van der Waals surface area contributed by atoms with Crippen LogP contribution in [0, 0.1) is 0 Å². The molecule has 0 unspecified atom stereocenters. The number of benzene rings is 3. The van der Waals surface area contributed by atoms with Crippen molar-refractivity contribution >= 4 is 21.9 Å². The molecule has 0 aliphatic carbocycles. The van der Waals surface area contributed by atoms with E-state index in [2.05, 4.69) is 15.9 Å². The van der Waals surface area contributed by atoms with Gasteiger partial charge in [0, 0.05) is 4.47 Å². The maximum atomic E-state index is 12.3. The normalized spacial score (nSPS) is 10.8. The number of carbonyl (C=O) groups is 1. The Kier molecular flexibility index (Phi) is 7.79. The van der Waals surface area contributed by atoms with Gasteiger partial charge < -0.3 is 14.2 Å². The molecule has 0 aliphatic heterocycles. The molecule has 0 amide bonds. The molecular formula is C23H21BrO4. The van der Waals surface area contributed by atoms with Crippen molar-refractivity contribution in [3.63, 3.8) is 0 Å². The average Bonchev–Trinajstić information content (AvgIpc) is 2.74. The third-order valence-corrected chi connectivity index (χ3v) is 4.46. The summed E-state index contributed by atoms with van der Waals surface area (Å²) in [6.45, 7) is 0.745. The van der Waals surface area contributed by atoms with Gasteiger partial charge in [-0.05, 0) is 29.3 Å². The molecule has 0 heterocycles. The van der Waals surface area contributed by atoms with Gasteiger partial charge in [-0.3, -0.25) is 0 Å². The summed E-state index contributed by atoms with van der Waals surface area (Å²) in [5.41, 5.74) is 2.52. The first kappa shape index (κ1) is 20.3. The fourth-order valence-corrected chi connectivity index (χ4v) is 2.91. The highest BCUT2D eigenvalue weighted by atomic mass is 79.9. The van der Waals surface area contributed by atoms with Crippen LogP contribution in [0.25, 0.3) is 0 Å². The quantitative estimate of drug-likeness (QED) is 0.331. The van der Waals surface area contributed by atoms with Crippen LogP contribution in [0.5, 0.6) is 0 Å². The van der Waals surface area contributed by atoms with Crippen molar-refractivity contribution in [3.8, 4) is 0 Å². The van der Waals surface area contributed by atoms with Crippen molar-refractivity contribution in [2.24, 2.45) is 0 Å². The summed E-state index contributed by atoms with van der Waals surface area (Å²) in [4.78, 5) is 12.3. The van der Waals surface area contributed by atoms with Crippen molar-refractivity contribution in [2.75, 3.05) is 6.61 Å². The molecule has 0 N–H and O–H groups in total. The summed E-state index contributed by atoms with van der Waals surface area (Å²) in [6.07, 6.45) is -0.670. The summed E-state index contributed by atoms with van der Waals surface area (Å²) >= 11 is 3.35. The van der Waals surface area contributed by atoms with Crippen LogP contribution in [0.4, 0.5) is 0 Å². The third-order valence-electron chi connectivity index (χ3n) is 3.97. The number of esters is 1. The summed E-state index contributed by atoms with van der Waals surface area (Å²) in [5, 5.41) is 0. The first-order chi connectivity index (χ1) is 13.7. The van der Waals surface area contributed by atoms with Gasteiger partial charge >= 0.3 is 5.97 Å². The molecule has 4 nitrogen and oxygen atoms in total. The fraction of sp³-hybridized carbons (Fsp3) is 0.174. The van der Waals surface area contributed by atoms with E-state index in [0.717, 1.165) is 15.6 Å². The van der Waals surface area contributed by atoms with Gasteiger partial charge in [-0.1, -0.05) is 82.7 Å². The highest BCUT2D eigenvalue weighted by Crippen LogP contribution is 2.14. The predicted octanol–water partition coefficient (Wildman–Crippen LogP) is 5.37. The van der Waals surface area contributed by atoms with Gasteiger partial charge in [0.15, 0.2) is 6.29 Å². The second-order valence-corrected chi connectivity index (χ2v) is 7.05. The minimum atomic E-state index is -0.670. The minimum Gasteiger partial charge on any atom is -0.457 e. The fourth-order valence-electron chi connectivity index (χ4n) is 2.51. The molecular weight excluding hydrogens is 420 g/mol. The number of rotatable bonds is 9. The lowest BCUT2D eigenvalue weighted by Crippen LogP contribution is -2.25. The van der Waals surface area contributed by atoms with Crippen molar-refractivity contribution < 1.29 is 19.0 Å².